The Morgan fingerprint density at radius 3 is 1.06 bits per heavy atom. The van der Waals surface area contributed by atoms with Gasteiger partial charge in [-0.15, -0.1) is 0 Å². The van der Waals surface area contributed by atoms with Gasteiger partial charge in [-0.3, -0.25) is 0 Å². The normalized spacial score (nSPS) is 12.1. The Morgan fingerprint density at radius 2 is 0.788 bits per heavy atom. The third kappa shape index (κ3) is 6.35. The first-order chi connectivity index (χ1) is 16.2. The lowest BCUT2D eigenvalue weighted by Crippen LogP contribution is -2.73. The van der Waals surface area contributed by atoms with Gasteiger partial charge in [0.1, 0.15) is 0 Å². The van der Waals surface area contributed by atoms with E-state index in [1.165, 1.54) is 72.2 Å². The third-order valence-corrected chi connectivity index (χ3v) is 17.1. The summed E-state index contributed by atoms with van der Waals surface area (Å²) in [5.41, 5.74) is 0. The van der Waals surface area contributed by atoms with Crippen LogP contribution in [0.5, 0.6) is 0 Å². The molecule has 0 fully saturated rings. The standard InChI is InChI=1S/C30H42OSi2/c1-4-7-25-32(26-8-5-2,27-9-6-3)31-33(28-19-13-10-14-20-28,29-21-15-11-16-22-29)30-23-17-12-18-24-30/h10-24H,4-9,25-27H2,1-3H3. The maximum Gasteiger partial charge on any atom is 0.278 e. The van der Waals surface area contributed by atoms with Gasteiger partial charge in [-0.05, 0) is 33.7 Å². The number of unbranched alkanes of at least 4 members (excludes halogenated alkanes) is 3. The Morgan fingerprint density at radius 1 is 0.485 bits per heavy atom. The predicted octanol–water partition coefficient (Wildman–Crippen LogP) is 7.02. The van der Waals surface area contributed by atoms with Gasteiger partial charge in [-0.2, -0.15) is 0 Å². The maximum absolute atomic E-state index is 7.97. The van der Waals surface area contributed by atoms with Crippen LogP contribution in [0.25, 0.3) is 0 Å². The zero-order chi connectivity index (χ0) is 23.4. The molecule has 0 heterocycles. The molecule has 0 aliphatic heterocycles. The van der Waals surface area contributed by atoms with Crippen LogP contribution in [-0.4, -0.2) is 16.6 Å². The summed E-state index contributed by atoms with van der Waals surface area (Å²) in [6, 6.07) is 37.4. The molecular formula is C30H42OSi2. The molecule has 3 heteroatoms. The number of benzene rings is 3. The van der Waals surface area contributed by atoms with Crippen LogP contribution >= 0.6 is 0 Å². The lowest BCUT2D eigenvalue weighted by molar-refractivity contribution is 0.525. The van der Waals surface area contributed by atoms with Crippen molar-refractivity contribution in [3.05, 3.63) is 91.0 Å². The molecule has 0 amide bonds. The topological polar surface area (TPSA) is 9.23 Å². The van der Waals surface area contributed by atoms with Crippen LogP contribution in [0, 0.1) is 0 Å². The van der Waals surface area contributed by atoms with Crippen LogP contribution in [0.2, 0.25) is 18.1 Å². The molecule has 33 heavy (non-hydrogen) atoms. The van der Waals surface area contributed by atoms with E-state index >= 15 is 0 Å². The maximum atomic E-state index is 7.97. The quantitative estimate of drug-likeness (QED) is 0.180. The fraction of sp³-hybridized carbons (Fsp3) is 0.400. The van der Waals surface area contributed by atoms with Crippen LogP contribution < -0.4 is 15.6 Å². The summed E-state index contributed by atoms with van der Waals surface area (Å²) in [7, 11) is -4.63. The summed E-state index contributed by atoms with van der Waals surface area (Å²) in [6.45, 7) is 6.99. The van der Waals surface area contributed by atoms with Crippen molar-refractivity contribution in [1.29, 1.82) is 0 Å². The fourth-order valence-electron chi connectivity index (χ4n) is 5.05. The van der Waals surface area contributed by atoms with E-state index in [1.807, 2.05) is 0 Å². The lowest BCUT2D eigenvalue weighted by Gasteiger charge is -2.44. The summed E-state index contributed by atoms with van der Waals surface area (Å²) < 4.78 is 7.97. The summed E-state index contributed by atoms with van der Waals surface area (Å²) in [6.07, 6.45) is 7.57. The van der Waals surface area contributed by atoms with Gasteiger partial charge < -0.3 is 4.12 Å². The molecule has 3 rings (SSSR count). The molecule has 0 N–H and O–H groups in total. The molecule has 176 valence electrons. The van der Waals surface area contributed by atoms with Crippen LogP contribution in [0.3, 0.4) is 0 Å². The second kappa shape index (κ2) is 13.1. The average Bonchev–Trinajstić information content (AvgIpc) is 2.89. The van der Waals surface area contributed by atoms with E-state index in [2.05, 4.69) is 112 Å². The molecule has 0 atom stereocenters. The van der Waals surface area contributed by atoms with Gasteiger partial charge >= 0.3 is 0 Å². The molecule has 0 spiro atoms. The average molecular weight is 475 g/mol. The van der Waals surface area contributed by atoms with Crippen molar-refractivity contribution >= 4 is 32.2 Å². The van der Waals surface area contributed by atoms with Gasteiger partial charge in [0.15, 0.2) is 8.32 Å². The van der Waals surface area contributed by atoms with Gasteiger partial charge in [0.25, 0.3) is 8.32 Å². The summed E-state index contributed by atoms with van der Waals surface area (Å²) in [5, 5.41) is 4.14. The lowest BCUT2D eigenvalue weighted by atomic mass is 10.3. The van der Waals surface area contributed by atoms with E-state index in [1.54, 1.807) is 0 Å². The summed E-state index contributed by atoms with van der Waals surface area (Å²) in [4.78, 5) is 0. The van der Waals surface area contributed by atoms with E-state index in [9.17, 15) is 0 Å². The first-order valence-electron chi connectivity index (χ1n) is 13.1. The number of hydrogen-bond acceptors (Lipinski definition) is 1. The van der Waals surface area contributed by atoms with Crippen molar-refractivity contribution < 1.29 is 4.12 Å². The summed E-state index contributed by atoms with van der Waals surface area (Å²) in [5.74, 6) is 0. The van der Waals surface area contributed by atoms with Crippen LogP contribution in [0.1, 0.15) is 59.3 Å². The second-order valence-electron chi connectivity index (χ2n) is 9.37. The Bertz CT molecular complexity index is 793. The smallest absolute Gasteiger partial charge is 0.278 e. The van der Waals surface area contributed by atoms with Gasteiger partial charge in [0, 0.05) is 0 Å². The number of rotatable bonds is 14. The molecule has 0 aliphatic carbocycles. The van der Waals surface area contributed by atoms with E-state index < -0.39 is 16.6 Å². The highest BCUT2D eigenvalue weighted by Gasteiger charge is 2.48. The minimum Gasteiger partial charge on any atom is -0.445 e. The molecule has 0 saturated carbocycles. The Labute approximate surface area is 204 Å². The fourth-order valence-corrected chi connectivity index (χ4v) is 17.0. The Balaban J connectivity index is 2.26. The monoisotopic (exact) mass is 474 g/mol. The molecule has 3 aromatic rings. The molecule has 0 aromatic heterocycles. The SMILES string of the molecule is CCCC[Si](CCCC)(CCCC)O[Si](c1ccccc1)(c1ccccc1)c1ccccc1. The van der Waals surface area contributed by atoms with Crippen molar-refractivity contribution in [3.8, 4) is 0 Å². The highest BCUT2D eigenvalue weighted by atomic mass is 28.4. The van der Waals surface area contributed by atoms with Crippen LogP contribution in [0.15, 0.2) is 91.0 Å². The van der Waals surface area contributed by atoms with Crippen molar-refractivity contribution in [2.24, 2.45) is 0 Å². The molecule has 0 unspecified atom stereocenters. The third-order valence-electron chi connectivity index (χ3n) is 6.87. The van der Waals surface area contributed by atoms with Crippen LogP contribution in [-0.2, 0) is 4.12 Å². The van der Waals surface area contributed by atoms with E-state index in [-0.39, 0.29) is 0 Å². The van der Waals surface area contributed by atoms with Gasteiger partial charge in [0.2, 0.25) is 0 Å². The minimum absolute atomic E-state index is 1.24. The zero-order valence-corrected chi connectivity index (χ0v) is 22.9. The highest BCUT2D eigenvalue weighted by molar-refractivity contribution is 7.10. The largest absolute Gasteiger partial charge is 0.445 e. The minimum atomic E-state index is -2.65. The molecular weight excluding hydrogens is 433 g/mol. The van der Waals surface area contributed by atoms with Crippen LogP contribution in [0.4, 0.5) is 0 Å². The summed E-state index contributed by atoms with van der Waals surface area (Å²) >= 11 is 0. The first-order valence-corrected chi connectivity index (χ1v) is 17.5. The Hall–Kier alpha value is -1.95. The van der Waals surface area contributed by atoms with Crippen molar-refractivity contribution in [3.63, 3.8) is 0 Å². The zero-order valence-electron chi connectivity index (χ0n) is 20.9. The molecule has 3 aromatic carbocycles. The molecule has 0 radical (unpaired) electrons. The predicted molar refractivity (Wildman–Crippen MR) is 150 cm³/mol. The van der Waals surface area contributed by atoms with Crippen molar-refractivity contribution in [1.82, 2.24) is 0 Å². The second-order valence-corrected chi connectivity index (χ2v) is 17.2. The first kappa shape index (κ1) is 25.7. The van der Waals surface area contributed by atoms with Crippen molar-refractivity contribution in [2.75, 3.05) is 0 Å². The van der Waals surface area contributed by atoms with Crippen molar-refractivity contribution in [2.45, 2.75) is 77.4 Å². The molecule has 1 nitrogen and oxygen atoms in total. The van der Waals surface area contributed by atoms with E-state index in [4.69, 9.17) is 4.12 Å². The number of hydrogen-bond donors (Lipinski definition) is 0. The van der Waals surface area contributed by atoms with Gasteiger partial charge in [0.05, 0.1) is 0 Å². The molecule has 0 bridgehead atoms. The van der Waals surface area contributed by atoms with E-state index in [0.29, 0.717) is 0 Å². The van der Waals surface area contributed by atoms with Gasteiger partial charge in [-0.25, -0.2) is 0 Å². The van der Waals surface area contributed by atoms with Gasteiger partial charge in [-0.1, -0.05) is 150 Å². The molecule has 0 saturated heterocycles. The molecule has 0 aliphatic rings. The Kier molecular flexibility index (Phi) is 10.2. The highest BCUT2D eigenvalue weighted by Crippen LogP contribution is 2.32. The van der Waals surface area contributed by atoms with E-state index in [0.717, 1.165) is 0 Å².